The van der Waals surface area contributed by atoms with E-state index in [2.05, 4.69) is 9.88 Å². The molecule has 17 heavy (non-hydrogen) atoms. The maximum atomic E-state index is 11.4. The predicted molar refractivity (Wildman–Crippen MR) is 64.9 cm³/mol. The van der Waals surface area contributed by atoms with Gasteiger partial charge in [0, 0.05) is 44.2 Å². The second-order valence-corrected chi connectivity index (χ2v) is 4.56. The summed E-state index contributed by atoms with van der Waals surface area (Å²) in [5.41, 5.74) is 1.18. The smallest absolute Gasteiger partial charge is 0.213 e. The number of carbonyl (C=O) groups is 1. The van der Waals surface area contributed by atoms with Crippen LogP contribution in [-0.2, 0) is 11.3 Å². The van der Waals surface area contributed by atoms with Gasteiger partial charge in [0.15, 0.2) is 0 Å². The molecule has 4 heteroatoms. The molecule has 2 rings (SSSR count). The van der Waals surface area contributed by atoms with Crippen molar-refractivity contribution in [2.24, 2.45) is 5.92 Å². The van der Waals surface area contributed by atoms with Crippen LogP contribution in [-0.4, -0.2) is 35.9 Å². The fraction of sp³-hybridized carbons (Fsp3) is 0.538. The number of likely N-dealkylation sites (tertiary alicyclic amines) is 1. The average molecular weight is 234 g/mol. The summed E-state index contributed by atoms with van der Waals surface area (Å²) < 4.78 is 5.10. The third-order valence-electron chi connectivity index (χ3n) is 3.17. The minimum absolute atomic E-state index is 0.160. The van der Waals surface area contributed by atoms with E-state index in [1.165, 1.54) is 5.56 Å². The third kappa shape index (κ3) is 3.03. The Balaban J connectivity index is 1.98. The van der Waals surface area contributed by atoms with Crippen molar-refractivity contribution >= 4 is 5.78 Å². The van der Waals surface area contributed by atoms with Gasteiger partial charge in [-0.25, -0.2) is 4.98 Å². The Kier molecular flexibility index (Phi) is 3.74. The molecule has 1 atom stereocenters. The molecule has 0 radical (unpaired) electrons. The Morgan fingerprint density at radius 1 is 1.59 bits per heavy atom. The van der Waals surface area contributed by atoms with Gasteiger partial charge in [0.25, 0.3) is 0 Å². The number of pyridine rings is 1. The molecule has 0 aliphatic carbocycles. The van der Waals surface area contributed by atoms with E-state index in [9.17, 15) is 4.79 Å². The minimum atomic E-state index is 0.160. The predicted octanol–water partition coefficient (Wildman–Crippen LogP) is 1.50. The zero-order chi connectivity index (χ0) is 12.3. The Hall–Kier alpha value is -1.42. The lowest BCUT2D eigenvalue weighted by molar-refractivity contribution is -0.125. The van der Waals surface area contributed by atoms with E-state index in [-0.39, 0.29) is 5.92 Å². The van der Waals surface area contributed by atoms with E-state index in [1.807, 2.05) is 19.1 Å². The number of Topliss-reactive ketones (excluding diaryl/α,β-unsaturated/α-hetero) is 1. The molecule has 1 saturated heterocycles. The van der Waals surface area contributed by atoms with Crippen molar-refractivity contribution in [3.05, 3.63) is 23.9 Å². The van der Waals surface area contributed by atoms with Gasteiger partial charge in [0.05, 0.1) is 7.11 Å². The van der Waals surface area contributed by atoms with Crippen LogP contribution < -0.4 is 4.74 Å². The van der Waals surface area contributed by atoms with E-state index in [4.69, 9.17) is 4.74 Å². The molecule has 92 valence electrons. The summed E-state index contributed by atoms with van der Waals surface area (Å²) in [6.45, 7) is 4.56. The summed E-state index contributed by atoms with van der Waals surface area (Å²) in [7, 11) is 1.62. The van der Waals surface area contributed by atoms with E-state index >= 15 is 0 Å². The lowest BCUT2D eigenvalue weighted by atomic mass is 9.98. The van der Waals surface area contributed by atoms with Gasteiger partial charge in [-0.2, -0.15) is 0 Å². The van der Waals surface area contributed by atoms with Crippen LogP contribution in [0.3, 0.4) is 0 Å². The maximum absolute atomic E-state index is 11.4. The van der Waals surface area contributed by atoms with Crippen LogP contribution in [0.2, 0.25) is 0 Å². The van der Waals surface area contributed by atoms with E-state index in [0.29, 0.717) is 18.1 Å². The fourth-order valence-electron chi connectivity index (χ4n) is 2.16. The second kappa shape index (κ2) is 5.27. The molecule has 0 spiro atoms. The second-order valence-electron chi connectivity index (χ2n) is 4.56. The number of nitrogens with zero attached hydrogens (tertiary/aromatic N) is 2. The molecule has 1 aromatic rings. The highest BCUT2D eigenvalue weighted by molar-refractivity contribution is 5.81. The number of ether oxygens (including phenoxy) is 1. The first-order valence-corrected chi connectivity index (χ1v) is 5.93. The summed E-state index contributed by atoms with van der Waals surface area (Å²) in [4.78, 5) is 17.8. The first-order valence-electron chi connectivity index (χ1n) is 5.93. The van der Waals surface area contributed by atoms with E-state index in [1.54, 1.807) is 13.3 Å². The highest BCUT2D eigenvalue weighted by atomic mass is 16.5. The first-order chi connectivity index (χ1) is 8.19. The fourth-order valence-corrected chi connectivity index (χ4v) is 2.16. The van der Waals surface area contributed by atoms with Crippen molar-refractivity contribution < 1.29 is 9.53 Å². The minimum Gasteiger partial charge on any atom is -0.481 e. The lowest BCUT2D eigenvalue weighted by Gasteiger charge is -2.29. The van der Waals surface area contributed by atoms with Crippen molar-refractivity contribution in [1.82, 2.24) is 9.88 Å². The van der Waals surface area contributed by atoms with Gasteiger partial charge >= 0.3 is 0 Å². The molecule has 0 aromatic carbocycles. The molecule has 0 N–H and O–H groups in total. The van der Waals surface area contributed by atoms with Crippen LogP contribution in [0.25, 0.3) is 0 Å². The Labute approximate surface area is 102 Å². The van der Waals surface area contributed by atoms with Gasteiger partial charge in [-0.3, -0.25) is 9.69 Å². The van der Waals surface area contributed by atoms with Crippen molar-refractivity contribution in [3.8, 4) is 5.88 Å². The van der Waals surface area contributed by atoms with Crippen LogP contribution in [0, 0.1) is 5.92 Å². The van der Waals surface area contributed by atoms with Crippen molar-refractivity contribution in [1.29, 1.82) is 0 Å². The lowest BCUT2D eigenvalue weighted by Crippen LogP contribution is -2.39. The zero-order valence-electron chi connectivity index (χ0n) is 10.3. The molecule has 1 unspecified atom stereocenters. The zero-order valence-corrected chi connectivity index (χ0v) is 10.3. The molecule has 0 bridgehead atoms. The molecular formula is C13H18N2O2. The van der Waals surface area contributed by atoms with Gasteiger partial charge in [0.1, 0.15) is 5.78 Å². The third-order valence-corrected chi connectivity index (χ3v) is 3.17. The van der Waals surface area contributed by atoms with Crippen LogP contribution in [0.4, 0.5) is 0 Å². The monoisotopic (exact) mass is 234 g/mol. The number of methoxy groups -OCH3 is 1. The number of hydrogen-bond acceptors (Lipinski definition) is 4. The highest BCUT2D eigenvalue weighted by Crippen LogP contribution is 2.16. The summed E-state index contributed by atoms with van der Waals surface area (Å²) in [6, 6.07) is 3.94. The Bertz CT molecular complexity index is 406. The van der Waals surface area contributed by atoms with Gasteiger partial charge in [-0.15, -0.1) is 0 Å². The largest absolute Gasteiger partial charge is 0.481 e. The summed E-state index contributed by atoms with van der Waals surface area (Å²) in [5.74, 6) is 1.18. The summed E-state index contributed by atoms with van der Waals surface area (Å²) in [5, 5.41) is 0. The Morgan fingerprint density at radius 3 is 3.12 bits per heavy atom. The standard InChI is InChI=1S/C13H18N2O2/c1-10-8-15(6-4-12(10)16)9-11-3-5-14-13(7-11)17-2/h3,5,7,10H,4,6,8-9H2,1-2H3. The highest BCUT2D eigenvalue weighted by Gasteiger charge is 2.23. The van der Waals surface area contributed by atoms with Crippen LogP contribution >= 0.6 is 0 Å². The van der Waals surface area contributed by atoms with Crippen molar-refractivity contribution in [2.45, 2.75) is 19.9 Å². The van der Waals surface area contributed by atoms with Crippen LogP contribution in [0.5, 0.6) is 5.88 Å². The van der Waals surface area contributed by atoms with Crippen molar-refractivity contribution in [2.75, 3.05) is 20.2 Å². The molecule has 0 saturated carbocycles. The first kappa shape index (κ1) is 12.0. The van der Waals surface area contributed by atoms with E-state index in [0.717, 1.165) is 19.6 Å². The van der Waals surface area contributed by atoms with Gasteiger partial charge in [-0.05, 0) is 11.6 Å². The van der Waals surface area contributed by atoms with Crippen LogP contribution in [0.15, 0.2) is 18.3 Å². The number of piperidine rings is 1. The normalized spacial score (nSPS) is 21.5. The van der Waals surface area contributed by atoms with Gasteiger partial charge in [-0.1, -0.05) is 6.92 Å². The molecule has 1 aromatic heterocycles. The number of ketones is 1. The molecule has 2 heterocycles. The molecule has 0 amide bonds. The van der Waals surface area contributed by atoms with Crippen LogP contribution in [0.1, 0.15) is 18.9 Å². The number of rotatable bonds is 3. The molecule has 1 aliphatic heterocycles. The topological polar surface area (TPSA) is 42.4 Å². The molecule has 1 aliphatic rings. The Morgan fingerprint density at radius 2 is 2.41 bits per heavy atom. The van der Waals surface area contributed by atoms with Gasteiger partial charge < -0.3 is 4.74 Å². The summed E-state index contributed by atoms with van der Waals surface area (Å²) in [6.07, 6.45) is 2.43. The number of aromatic nitrogens is 1. The average Bonchev–Trinajstić information content (AvgIpc) is 2.34. The SMILES string of the molecule is COc1cc(CN2CCC(=O)C(C)C2)ccn1. The van der Waals surface area contributed by atoms with Gasteiger partial charge in [0.2, 0.25) is 5.88 Å². The molecule has 1 fully saturated rings. The van der Waals surface area contributed by atoms with Crippen molar-refractivity contribution in [3.63, 3.8) is 0 Å². The molecule has 4 nitrogen and oxygen atoms in total. The molecular weight excluding hydrogens is 216 g/mol. The number of carbonyl (C=O) groups excluding carboxylic acids is 1. The maximum Gasteiger partial charge on any atom is 0.213 e. The van der Waals surface area contributed by atoms with E-state index < -0.39 is 0 Å². The number of hydrogen-bond donors (Lipinski definition) is 0. The quantitative estimate of drug-likeness (QED) is 0.795. The summed E-state index contributed by atoms with van der Waals surface area (Å²) >= 11 is 0.